The van der Waals surface area contributed by atoms with Gasteiger partial charge >= 0.3 is 7.82 Å². The molecule has 2 N–H and O–H groups in total. The van der Waals surface area contributed by atoms with Crippen molar-refractivity contribution < 1.29 is 18.9 Å². The molecule has 0 aliphatic heterocycles. The van der Waals surface area contributed by atoms with Gasteiger partial charge in [0.1, 0.15) is 6.10 Å². The molecule has 5 heteroatoms. The molecule has 1 unspecified atom stereocenters. The SMILES string of the molecule is CC#CC(C)OP(=O)(O)O. The molecular formula is C5H9O4P. The summed E-state index contributed by atoms with van der Waals surface area (Å²) in [7, 11) is -4.35. The van der Waals surface area contributed by atoms with Crippen LogP contribution >= 0.6 is 7.82 Å². The Kier molecular flexibility index (Phi) is 3.62. The Hall–Kier alpha value is -0.330. The number of phosphoric ester groups is 1. The van der Waals surface area contributed by atoms with Crippen molar-refractivity contribution in [1.82, 2.24) is 0 Å². The topological polar surface area (TPSA) is 66.8 Å². The Balaban J connectivity index is 3.88. The number of rotatable bonds is 2. The summed E-state index contributed by atoms with van der Waals surface area (Å²) in [6.07, 6.45) is -0.717. The zero-order chi connectivity index (χ0) is 8.20. The van der Waals surface area contributed by atoms with Crippen LogP contribution in [0.4, 0.5) is 0 Å². The molecule has 0 aliphatic rings. The van der Waals surface area contributed by atoms with Crippen LogP contribution < -0.4 is 0 Å². The second-order valence-corrected chi connectivity index (χ2v) is 2.82. The highest BCUT2D eigenvalue weighted by atomic mass is 31.2. The Morgan fingerprint density at radius 2 is 2.10 bits per heavy atom. The third-order valence-electron chi connectivity index (χ3n) is 0.643. The Morgan fingerprint density at radius 1 is 1.60 bits per heavy atom. The van der Waals surface area contributed by atoms with Crippen molar-refractivity contribution in [3.8, 4) is 11.8 Å². The highest BCUT2D eigenvalue weighted by molar-refractivity contribution is 7.46. The third-order valence-corrected chi connectivity index (χ3v) is 1.23. The average molecular weight is 164 g/mol. The molecule has 0 saturated carbocycles. The highest BCUT2D eigenvalue weighted by Crippen LogP contribution is 2.37. The zero-order valence-corrected chi connectivity index (χ0v) is 6.63. The molecule has 58 valence electrons. The molecule has 0 radical (unpaired) electrons. The standard InChI is InChI=1S/C5H9O4P/c1-3-4-5(2)9-10(6,7)8/h5H,1-2H3,(H2,6,7,8). The molecule has 0 aromatic carbocycles. The summed E-state index contributed by atoms with van der Waals surface area (Å²) in [6.45, 7) is 3.04. The van der Waals surface area contributed by atoms with E-state index in [0.29, 0.717) is 0 Å². The van der Waals surface area contributed by atoms with E-state index in [4.69, 9.17) is 9.79 Å². The lowest BCUT2D eigenvalue weighted by molar-refractivity contribution is 0.176. The van der Waals surface area contributed by atoms with Crippen molar-refractivity contribution in [3.63, 3.8) is 0 Å². The Labute approximate surface area is 59.4 Å². The fourth-order valence-electron chi connectivity index (χ4n) is 0.436. The molecule has 10 heavy (non-hydrogen) atoms. The molecule has 0 bridgehead atoms. The van der Waals surface area contributed by atoms with E-state index in [0.717, 1.165) is 0 Å². The summed E-state index contributed by atoms with van der Waals surface area (Å²) in [6, 6.07) is 0. The first-order valence-corrected chi connectivity index (χ1v) is 4.15. The molecule has 0 rings (SSSR count). The maximum Gasteiger partial charge on any atom is 0.470 e. The van der Waals surface area contributed by atoms with Gasteiger partial charge in [-0.1, -0.05) is 5.92 Å². The maximum atomic E-state index is 10.1. The summed E-state index contributed by atoms with van der Waals surface area (Å²) < 4.78 is 14.3. The fourth-order valence-corrected chi connectivity index (χ4v) is 0.900. The van der Waals surface area contributed by atoms with Crippen LogP contribution in [0.25, 0.3) is 0 Å². The normalized spacial score (nSPS) is 13.6. The lowest BCUT2D eigenvalue weighted by atomic mass is 10.4. The van der Waals surface area contributed by atoms with Gasteiger partial charge in [0, 0.05) is 0 Å². The van der Waals surface area contributed by atoms with E-state index in [9.17, 15) is 4.57 Å². The molecular weight excluding hydrogens is 155 g/mol. The van der Waals surface area contributed by atoms with Gasteiger partial charge in [0.2, 0.25) is 0 Å². The molecule has 0 fully saturated rings. The quantitative estimate of drug-likeness (QED) is 0.460. The fraction of sp³-hybridized carbons (Fsp3) is 0.600. The van der Waals surface area contributed by atoms with Crippen LogP contribution in [0.1, 0.15) is 13.8 Å². The predicted molar refractivity (Wildman–Crippen MR) is 36.0 cm³/mol. The highest BCUT2D eigenvalue weighted by Gasteiger charge is 2.16. The van der Waals surface area contributed by atoms with Gasteiger partial charge in [0.25, 0.3) is 0 Å². The molecule has 0 amide bonds. The van der Waals surface area contributed by atoms with E-state index in [-0.39, 0.29) is 0 Å². The Morgan fingerprint density at radius 3 is 2.40 bits per heavy atom. The minimum absolute atomic E-state index is 0.717. The van der Waals surface area contributed by atoms with Gasteiger partial charge in [-0.2, -0.15) is 0 Å². The van der Waals surface area contributed by atoms with Crippen LogP contribution in [0.3, 0.4) is 0 Å². The van der Waals surface area contributed by atoms with E-state index < -0.39 is 13.9 Å². The molecule has 1 atom stereocenters. The van der Waals surface area contributed by atoms with Gasteiger partial charge in [0.15, 0.2) is 0 Å². The predicted octanol–water partition coefficient (Wildman–Crippen LogP) is 0.507. The smallest absolute Gasteiger partial charge is 0.303 e. The molecule has 0 aromatic heterocycles. The molecule has 0 saturated heterocycles. The first-order chi connectivity index (χ1) is 4.45. The van der Waals surface area contributed by atoms with E-state index in [1.807, 2.05) is 0 Å². The lowest BCUT2D eigenvalue weighted by Gasteiger charge is -2.06. The number of hydrogen-bond acceptors (Lipinski definition) is 2. The molecule has 0 spiro atoms. The van der Waals surface area contributed by atoms with Crippen molar-refractivity contribution in [2.75, 3.05) is 0 Å². The second kappa shape index (κ2) is 3.75. The van der Waals surface area contributed by atoms with Crippen molar-refractivity contribution in [1.29, 1.82) is 0 Å². The van der Waals surface area contributed by atoms with Crippen molar-refractivity contribution in [3.05, 3.63) is 0 Å². The van der Waals surface area contributed by atoms with Gasteiger partial charge in [-0.25, -0.2) is 4.57 Å². The van der Waals surface area contributed by atoms with Crippen LogP contribution in [0.2, 0.25) is 0 Å². The van der Waals surface area contributed by atoms with E-state index in [1.54, 1.807) is 6.92 Å². The molecule has 0 aliphatic carbocycles. The van der Waals surface area contributed by atoms with E-state index in [1.165, 1.54) is 6.92 Å². The summed E-state index contributed by atoms with van der Waals surface area (Å²) >= 11 is 0. The first kappa shape index (κ1) is 9.67. The lowest BCUT2D eigenvalue weighted by Crippen LogP contribution is -2.01. The first-order valence-electron chi connectivity index (χ1n) is 2.62. The number of hydrogen-bond donors (Lipinski definition) is 2. The van der Waals surface area contributed by atoms with Gasteiger partial charge in [-0.15, -0.1) is 5.92 Å². The second-order valence-electron chi connectivity index (χ2n) is 1.63. The van der Waals surface area contributed by atoms with Crippen LogP contribution in [-0.2, 0) is 9.09 Å². The third kappa shape index (κ3) is 5.80. The van der Waals surface area contributed by atoms with Crippen LogP contribution in [-0.4, -0.2) is 15.9 Å². The monoisotopic (exact) mass is 164 g/mol. The maximum absolute atomic E-state index is 10.1. The Bertz CT molecular complexity index is 195. The summed E-state index contributed by atoms with van der Waals surface area (Å²) in [4.78, 5) is 16.5. The van der Waals surface area contributed by atoms with Crippen LogP contribution in [0, 0.1) is 11.8 Å². The van der Waals surface area contributed by atoms with Gasteiger partial charge < -0.3 is 9.79 Å². The van der Waals surface area contributed by atoms with Gasteiger partial charge in [0.05, 0.1) is 0 Å². The zero-order valence-electron chi connectivity index (χ0n) is 5.74. The van der Waals surface area contributed by atoms with Gasteiger partial charge in [-0.3, -0.25) is 4.52 Å². The minimum atomic E-state index is -4.35. The molecule has 0 heterocycles. The average Bonchev–Trinajstić information content (AvgIpc) is 1.59. The van der Waals surface area contributed by atoms with Gasteiger partial charge in [-0.05, 0) is 13.8 Å². The van der Waals surface area contributed by atoms with E-state index >= 15 is 0 Å². The summed E-state index contributed by atoms with van der Waals surface area (Å²) in [5.41, 5.74) is 0. The van der Waals surface area contributed by atoms with Crippen molar-refractivity contribution >= 4 is 7.82 Å². The summed E-state index contributed by atoms with van der Waals surface area (Å²) in [5, 5.41) is 0. The van der Waals surface area contributed by atoms with Crippen LogP contribution in [0.5, 0.6) is 0 Å². The minimum Gasteiger partial charge on any atom is -0.303 e. The van der Waals surface area contributed by atoms with Crippen molar-refractivity contribution in [2.24, 2.45) is 0 Å². The van der Waals surface area contributed by atoms with E-state index in [2.05, 4.69) is 16.4 Å². The molecule has 4 nitrogen and oxygen atoms in total. The summed E-state index contributed by atoms with van der Waals surface area (Å²) in [5.74, 6) is 4.91. The number of phosphoric acid groups is 1. The molecule has 0 aromatic rings. The van der Waals surface area contributed by atoms with Crippen LogP contribution in [0.15, 0.2) is 0 Å². The van der Waals surface area contributed by atoms with Crippen molar-refractivity contribution in [2.45, 2.75) is 20.0 Å². The largest absolute Gasteiger partial charge is 0.470 e.